The van der Waals surface area contributed by atoms with Crippen molar-refractivity contribution in [2.75, 3.05) is 5.75 Å². The maximum absolute atomic E-state index is 12.3. The van der Waals surface area contributed by atoms with Gasteiger partial charge in [0, 0.05) is 19.3 Å². The Balaban J connectivity index is 1.47. The zero-order valence-corrected chi connectivity index (χ0v) is 17.0. The summed E-state index contributed by atoms with van der Waals surface area (Å²) in [7, 11) is 1.76. The fraction of sp³-hybridized carbons (Fsp3) is 0.400. The number of rotatable bonds is 6. The second-order valence-corrected chi connectivity index (χ2v) is 8.06. The van der Waals surface area contributed by atoms with Gasteiger partial charge in [-0.3, -0.25) is 19.5 Å². The first kappa shape index (κ1) is 19.5. The summed E-state index contributed by atoms with van der Waals surface area (Å²) < 4.78 is 9.30. The van der Waals surface area contributed by atoms with Crippen LogP contribution in [-0.4, -0.2) is 36.9 Å². The van der Waals surface area contributed by atoms with Crippen molar-refractivity contribution in [3.8, 4) is 11.6 Å². The van der Waals surface area contributed by atoms with Gasteiger partial charge in [-0.25, -0.2) is 0 Å². The van der Waals surface area contributed by atoms with Crippen molar-refractivity contribution in [1.82, 2.24) is 24.6 Å². The van der Waals surface area contributed by atoms with Crippen molar-refractivity contribution in [2.45, 2.75) is 43.3 Å². The molecule has 4 rings (SSSR count). The van der Waals surface area contributed by atoms with E-state index in [0.717, 1.165) is 25.7 Å². The lowest BCUT2D eigenvalue weighted by Gasteiger charge is -2.25. The molecule has 152 valence electrons. The van der Waals surface area contributed by atoms with Crippen LogP contribution in [0.5, 0.6) is 0 Å². The van der Waals surface area contributed by atoms with E-state index in [9.17, 15) is 9.59 Å². The van der Waals surface area contributed by atoms with Gasteiger partial charge in [-0.1, -0.05) is 31.0 Å². The van der Waals surface area contributed by atoms with Crippen LogP contribution in [0.2, 0.25) is 0 Å². The van der Waals surface area contributed by atoms with Crippen molar-refractivity contribution >= 4 is 23.6 Å². The Morgan fingerprint density at radius 1 is 1.21 bits per heavy atom. The number of amides is 2. The average molecular weight is 414 g/mol. The Bertz CT molecular complexity index is 986. The van der Waals surface area contributed by atoms with Gasteiger partial charge in [0.25, 0.3) is 5.91 Å². The molecule has 1 N–H and O–H groups in total. The van der Waals surface area contributed by atoms with Crippen LogP contribution in [0.3, 0.4) is 0 Å². The van der Waals surface area contributed by atoms with Crippen molar-refractivity contribution in [3.63, 3.8) is 0 Å². The number of aromatic nitrogens is 4. The number of thioether (sulfide) groups is 1. The highest BCUT2D eigenvalue weighted by molar-refractivity contribution is 7.99. The largest absolute Gasteiger partial charge is 0.461 e. The summed E-state index contributed by atoms with van der Waals surface area (Å²) in [5.41, 5.74) is 0.439. The van der Waals surface area contributed by atoms with E-state index in [2.05, 4.69) is 20.1 Å². The lowest BCUT2D eigenvalue weighted by molar-refractivity contribution is -0.117. The molecule has 2 amide bonds. The Morgan fingerprint density at radius 3 is 2.72 bits per heavy atom. The summed E-state index contributed by atoms with van der Waals surface area (Å²) in [4.78, 5) is 24.5. The van der Waals surface area contributed by atoms with E-state index in [0.29, 0.717) is 22.4 Å². The summed E-state index contributed by atoms with van der Waals surface area (Å²) in [6, 6.07) is 7.41. The van der Waals surface area contributed by atoms with Crippen LogP contribution in [0.25, 0.3) is 11.6 Å². The minimum Gasteiger partial charge on any atom is -0.461 e. The molecule has 1 aliphatic rings. The summed E-state index contributed by atoms with van der Waals surface area (Å²) in [6.07, 6.45) is 9.05. The van der Waals surface area contributed by atoms with E-state index in [4.69, 9.17) is 4.42 Å². The fourth-order valence-corrected chi connectivity index (χ4v) is 4.48. The molecule has 0 aromatic carbocycles. The molecule has 0 radical (unpaired) electrons. The summed E-state index contributed by atoms with van der Waals surface area (Å²) in [5, 5.41) is 11.7. The zero-order chi connectivity index (χ0) is 20.2. The SMILES string of the molecule is Cn1cccc1C(=O)NC(=O)CSc1nnc(-c2ccco2)n1C1CCCCC1. The molecular formula is C20H23N5O3S. The lowest BCUT2D eigenvalue weighted by Crippen LogP contribution is -2.33. The topological polar surface area (TPSA) is 94.9 Å². The van der Waals surface area contributed by atoms with E-state index in [1.807, 2.05) is 12.1 Å². The second kappa shape index (κ2) is 8.69. The number of carbonyl (C=O) groups excluding carboxylic acids is 2. The molecule has 1 saturated carbocycles. The molecule has 3 aromatic heterocycles. The number of hydrogen-bond donors (Lipinski definition) is 1. The van der Waals surface area contributed by atoms with Gasteiger partial charge in [0.2, 0.25) is 11.7 Å². The standard InChI is InChI=1S/C20H23N5O3S/c1-24-11-5-9-15(24)19(27)21-17(26)13-29-20-23-22-18(16-10-6-12-28-16)25(20)14-7-3-2-4-8-14/h5-6,9-12,14H,2-4,7-8,13H2,1H3,(H,21,26,27). The Hall–Kier alpha value is -2.81. The molecule has 8 nitrogen and oxygen atoms in total. The van der Waals surface area contributed by atoms with E-state index in [-0.39, 0.29) is 17.7 Å². The smallest absolute Gasteiger partial charge is 0.274 e. The maximum Gasteiger partial charge on any atom is 0.274 e. The Kier molecular flexibility index (Phi) is 5.84. The summed E-state index contributed by atoms with van der Waals surface area (Å²) in [5.74, 6) is 0.661. The number of carbonyl (C=O) groups is 2. The third kappa shape index (κ3) is 4.29. The van der Waals surface area contributed by atoms with Crippen LogP contribution in [0.1, 0.15) is 48.6 Å². The number of imide groups is 1. The number of hydrogen-bond acceptors (Lipinski definition) is 6. The predicted molar refractivity (Wildman–Crippen MR) is 108 cm³/mol. The van der Waals surface area contributed by atoms with E-state index >= 15 is 0 Å². The zero-order valence-electron chi connectivity index (χ0n) is 16.2. The molecule has 3 aromatic rings. The van der Waals surface area contributed by atoms with Crippen LogP contribution in [0.4, 0.5) is 0 Å². The molecule has 0 saturated heterocycles. The minimum atomic E-state index is -0.409. The van der Waals surface area contributed by atoms with Crippen molar-refractivity contribution in [1.29, 1.82) is 0 Å². The molecule has 1 aliphatic carbocycles. The maximum atomic E-state index is 12.3. The minimum absolute atomic E-state index is 0.0825. The number of furan rings is 1. The molecule has 9 heteroatoms. The highest BCUT2D eigenvalue weighted by Gasteiger charge is 2.25. The number of nitrogens with one attached hydrogen (secondary N) is 1. The summed E-state index contributed by atoms with van der Waals surface area (Å²) in [6.45, 7) is 0. The third-order valence-corrected chi connectivity index (χ3v) is 6.05. The van der Waals surface area contributed by atoms with Crippen LogP contribution < -0.4 is 5.32 Å². The Labute approximate surface area is 172 Å². The Morgan fingerprint density at radius 2 is 2.03 bits per heavy atom. The first-order valence-electron chi connectivity index (χ1n) is 9.70. The van der Waals surface area contributed by atoms with Crippen molar-refractivity contribution < 1.29 is 14.0 Å². The number of nitrogens with zero attached hydrogens (tertiary/aromatic N) is 4. The van der Waals surface area contributed by atoms with Crippen LogP contribution in [0, 0.1) is 0 Å². The third-order valence-electron chi connectivity index (χ3n) is 5.11. The number of aryl methyl sites for hydroxylation is 1. The first-order chi connectivity index (χ1) is 14.1. The van der Waals surface area contributed by atoms with E-state index in [1.165, 1.54) is 18.2 Å². The van der Waals surface area contributed by atoms with Crippen molar-refractivity contribution in [3.05, 3.63) is 42.4 Å². The molecule has 0 atom stereocenters. The lowest BCUT2D eigenvalue weighted by atomic mass is 9.95. The second-order valence-electron chi connectivity index (χ2n) is 7.12. The van der Waals surface area contributed by atoms with Crippen LogP contribution >= 0.6 is 11.8 Å². The van der Waals surface area contributed by atoms with Crippen LogP contribution in [-0.2, 0) is 11.8 Å². The van der Waals surface area contributed by atoms with Gasteiger partial charge in [-0.15, -0.1) is 10.2 Å². The van der Waals surface area contributed by atoms with Gasteiger partial charge in [0.15, 0.2) is 10.9 Å². The molecule has 1 fully saturated rings. The quantitative estimate of drug-likeness (QED) is 0.622. The normalized spacial score (nSPS) is 14.8. The van der Waals surface area contributed by atoms with Gasteiger partial charge in [-0.05, 0) is 37.1 Å². The van der Waals surface area contributed by atoms with E-state index in [1.54, 1.807) is 36.2 Å². The first-order valence-corrected chi connectivity index (χ1v) is 10.7. The fourth-order valence-electron chi connectivity index (χ4n) is 3.67. The van der Waals surface area contributed by atoms with Crippen LogP contribution in [0.15, 0.2) is 46.3 Å². The van der Waals surface area contributed by atoms with Gasteiger partial charge >= 0.3 is 0 Å². The molecule has 0 bridgehead atoms. The molecule has 0 spiro atoms. The predicted octanol–water partition coefficient (Wildman–Crippen LogP) is 3.43. The highest BCUT2D eigenvalue weighted by Crippen LogP contribution is 2.35. The molecular weight excluding hydrogens is 390 g/mol. The van der Waals surface area contributed by atoms with Gasteiger partial charge in [0.05, 0.1) is 12.0 Å². The van der Waals surface area contributed by atoms with Gasteiger partial charge in [-0.2, -0.15) is 0 Å². The summed E-state index contributed by atoms with van der Waals surface area (Å²) >= 11 is 1.29. The highest BCUT2D eigenvalue weighted by atomic mass is 32.2. The molecule has 0 unspecified atom stereocenters. The monoisotopic (exact) mass is 413 g/mol. The van der Waals surface area contributed by atoms with Gasteiger partial charge in [0.1, 0.15) is 5.69 Å². The average Bonchev–Trinajstić information content (AvgIpc) is 3.47. The van der Waals surface area contributed by atoms with Crippen molar-refractivity contribution in [2.24, 2.45) is 7.05 Å². The molecule has 3 heterocycles. The molecule has 29 heavy (non-hydrogen) atoms. The van der Waals surface area contributed by atoms with Gasteiger partial charge < -0.3 is 8.98 Å². The molecule has 0 aliphatic heterocycles. The van der Waals surface area contributed by atoms with E-state index < -0.39 is 5.91 Å².